The minimum Gasteiger partial charge on any atom is -0.394 e. The molecule has 0 radical (unpaired) electrons. The molecule has 1 amide bonds. The Kier molecular flexibility index (Phi) is 4.56. The van der Waals surface area contributed by atoms with Crippen LogP contribution in [0.25, 0.3) is 0 Å². The summed E-state index contributed by atoms with van der Waals surface area (Å²) in [6.45, 7) is 1.81. The summed E-state index contributed by atoms with van der Waals surface area (Å²) in [5, 5.41) is 12.1. The van der Waals surface area contributed by atoms with E-state index in [4.69, 9.17) is 0 Å². The van der Waals surface area contributed by atoms with Gasteiger partial charge in [-0.1, -0.05) is 6.92 Å². The molecule has 0 aromatic heterocycles. The normalized spacial score (nSPS) is 25.7. The second-order valence-corrected chi connectivity index (χ2v) is 5.80. The third-order valence-corrected chi connectivity index (χ3v) is 4.19. The van der Waals surface area contributed by atoms with Gasteiger partial charge in [-0.05, 0) is 43.7 Å². The predicted molar refractivity (Wildman–Crippen MR) is 71.2 cm³/mol. The molecule has 0 saturated heterocycles. The molecule has 1 fully saturated rings. The molecule has 1 aromatic carbocycles. The van der Waals surface area contributed by atoms with Crippen molar-refractivity contribution >= 4 is 5.91 Å². The lowest BCUT2D eigenvalue weighted by Gasteiger charge is -2.38. The molecule has 2 N–H and O–H groups in total. The maximum Gasteiger partial charge on any atom is 0.254 e. The number of rotatable bonds is 3. The van der Waals surface area contributed by atoms with E-state index in [0.29, 0.717) is 24.8 Å². The molecule has 3 nitrogen and oxygen atoms in total. The average Bonchev–Trinajstić information content (AvgIpc) is 2.47. The average molecular weight is 301 g/mol. The number of halogens is 3. The second kappa shape index (κ2) is 6.05. The topological polar surface area (TPSA) is 49.3 Å². The first kappa shape index (κ1) is 15.8. The fraction of sp³-hybridized carbons (Fsp3) is 0.533. The fourth-order valence-corrected chi connectivity index (χ4v) is 2.65. The van der Waals surface area contributed by atoms with Crippen LogP contribution in [0.5, 0.6) is 0 Å². The van der Waals surface area contributed by atoms with Gasteiger partial charge in [-0.2, -0.15) is 0 Å². The van der Waals surface area contributed by atoms with E-state index in [9.17, 15) is 23.1 Å². The highest BCUT2D eigenvalue weighted by Gasteiger charge is 2.36. The first-order valence-corrected chi connectivity index (χ1v) is 6.95. The molecule has 6 heteroatoms. The Hall–Kier alpha value is -1.56. The number of carbonyl (C=O) groups excluding carboxylic acids is 1. The molecule has 1 aliphatic carbocycles. The van der Waals surface area contributed by atoms with Gasteiger partial charge < -0.3 is 10.4 Å². The molecule has 1 aromatic rings. The Morgan fingerprint density at radius 1 is 1.29 bits per heavy atom. The van der Waals surface area contributed by atoms with Gasteiger partial charge in [0.2, 0.25) is 0 Å². The van der Waals surface area contributed by atoms with E-state index in [1.807, 2.05) is 0 Å². The summed E-state index contributed by atoms with van der Waals surface area (Å²) in [5.74, 6) is -4.85. The third kappa shape index (κ3) is 3.20. The molecule has 0 spiro atoms. The van der Waals surface area contributed by atoms with Crippen LogP contribution in [0, 0.1) is 23.4 Å². The van der Waals surface area contributed by atoms with Gasteiger partial charge >= 0.3 is 0 Å². The molecule has 0 atom stereocenters. The SMILES string of the molecule is CC1CCC(CO)(NC(=O)c2ccc(F)c(F)c2F)CC1. The van der Waals surface area contributed by atoms with Crippen molar-refractivity contribution in [3.05, 3.63) is 35.1 Å². The van der Waals surface area contributed by atoms with Crippen molar-refractivity contribution in [2.45, 2.75) is 38.1 Å². The number of amides is 1. The number of hydrogen-bond donors (Lipinski definition) is 2. The maximum atomic E-state index is 13.6. The molecule has 0 bridgehead atoms. The zero-order chi connectivity index (χ0) is 15.6. The van der Waals surface area contributed by atoms with Gasteiger partial charge in [-0.3, -0.25) is 4.79 Å². The Morgan fingerprint density at radius 3 is 2.48 bits per heavy atom. The highest BCUT2D eigenvalue weighted by atomic mass is 19.2. The lowest BCUT2D eigenvalue weighted by atomic mass is 9.77. The van der Waals surface area contributed by atoms with Crippen molar-refractivity contribution in [1.82, 2.24) is 5.32 Å². The van der Waals surface area contributed by atoms with Crippen LogP contribution in [0.2, 0.25) is 0 Å². The van der Waals surface area contributed by atoms with Crippen molar-refractivity contribution in [2.24, 2.45) is 5.92 Å². The zero-order valence-corrected chi connectivity index (χ0v) is 11.8. The highest BCUT2D eigenvalue weighted by molar-refractivity contribution is 5.95. The van der Waals surface area contributed by atoms with E-state index >= 15 is 0 Å². The van der Waals surface area contributed by atoms with Gasteiger partial charge in [0.1, 0.15) is 0 Å². The Balaban J connectivity index is 2.19. The first-order valence-electron chi connectivity index (χ1n) is 6.95. The van der Waals surface area contributed by atoms with Crippen LogP contribution in [0.3, 0.4) is 0 Å². The van der Waals surface area contributed by atoms with E-state index in [1.165, 1.54) is 0 Å². The van der Waals surface area contributed by atoms with Gasteiger partial charge in [0.05, 0.1) is 17.7 Å². The van der Waals surface area contributed by atoms with Crippen LogP contribution >= 0.6 is 0 Å². The smallest absolute Gasteiger partial charge is 0.254 e. The molecule has 0 heterocycles. The van der Waals surface area contributed by atoms with E-state index in [2.05, 4.69) is 12.2 Å². The number of aliphatic hydroxyl groups is 1. The summed E-state index contributed by atoms with van der Waals surface area (Å²) in [5.41, 5.74) is -1.37. The zero-order valence-electron chi connectivity index (χ0n) is 11.8. The summed E-state index contributed by atoms with van der Waals surface area (Å²) in [4.78, 5) is 12.1. The van der Waals surface area contributed by atoms with Crippen LogP contribution in [-0.4, -0.2) is 23.2 Å². The van der Waals surface area contributed by atoms with E-state index < -0.39 is 34.5 Å². The van der Waals surface area contributed by atoms with Gasteiger partial charge in [0.15, 0.2) is 17.5 Å². The molecule has 116 valence electrons. The van der Waals surface area contributed by atoms with Gasteiger partial charge in [0.25, 0.3) is 5.91 Å². The second-order valence-electron chi connectivity index (χ2n) is 5.80. The molecular weight excluding hydrogens is 283 g/mol. The summed E-state index contributed by atoms with van der Waals surface area (Å²) in [6, 6.07) is 1.61. The summed E-state index contributed by atoms with van der Waals surface area (Å²) in [6.07, 6.45) is 2.81. The maximum absolute atomic E-state index is 13.6. The minimum atomic E-state index is -1.67. The third-order valence-electron chi connectivity index (χ3n) is 4.19. The lowest BCUT2D eigenvalue weighted by Crippen LogP contribution is -2.53. The Labute approximate surface area is 121 Å². The molecule has 1 aliphatic rings. The number of carbonyl (C=O) groups is 1. The van der Waals surface area contributed by atoms with Crippen LogP contribution < -0.4 is 5.32 Å². The predicted octanol–water partition coefficient (Wildman–Crippen LogP) is 2.77. The molecule has 0 unspecified atom stereocenters. The van der Waals surface area contributed by atoms with Crippen molar-refractivity contribution in [3.8, 4) is 0 Å². The Bertz CT molecular complexity index is 540. The van der Waals surface area contributed by atoms with Gasteiger partial charge in [-0.15, -0.1) is 0 Å². The number of nitrogens with one attached hydrogen (secondary N) is 1. The number of benzene rings is 1. The molecule has 0 aliphatic heterocycles. The van der Waals surface area contributed by atoms with Crippen molar-refractivity contribution < 1.29 is 23.1 Å². The monoisotopic (exact) mass is 301 g/mol. The lowest BCUT2D eigenvalue weighted by molar-refractivity contribution is 0.0712. The van der Waals surface area contributed by atoms with E-state index in [1.54, 1.807) is 0 Å². The quantitative estimate of drug-likeness (QED) is 0.843. The van der Waals surface area contributed by atoms with Crippen LogP contribution in [0.1, 0.15) is 43.0 Å². The molecular formula is C15H18F3NO2. The fourth-order valence-electron chi connectivity index (χ4n) is 2.65. The van der Waals surface area contributed by atoms with E-state index in [0.717, 1.165) is 18.9 Å². The Morgan fingerprint density at radius 2 is 1.90 bits per heavy atom. The molecule has 1 saturated carbocycles. The van der Waals surface area contributed by atoms with Crippen molar-refractivity contribution in [1.29, 1.82) is 0 Å². The summed E-state index contributed by atoms with van der Waals surface area (Å²) in [7, 11) is 0. The van der Waals surface area contributed by atoms with Crippen molar-refractivity contribution in [2.75, 3.05) is 6.61 Å². The largest absolute Gasteiger partial charge is 0.394 e. The molecule has 2 rings (SSSR count). The first-order chi connectivity index (χ1) is 9.88. The van der Waals surface area contributed by atoms with Gasteiger partial charge in [0, 0.05) is 0 Å². The van der Waals surface area contributed by atoms with Crippen molar-refractivity contribution in [3.63, 3.8) is 0 Å². The van der Waals surface area contributed by atoms with Gasteiger partial charge in [-0.25, -0.2) is 13.2 Å². The van der Waals surface area contributed by atoms with Crippen LogP contribution in [-0.2, 0) is 0 Å². The van der Waals surface area contributed by atoms with Crippen LogP contribution in [0.4, 0.5) is 13.2 Å². The minimum absolute atomic E-state index is 0.267. The van der Waals surface area contributed by atoms with E-state index in [-0.39, 0.29) is 6.61 Å². The standard InChI is InChI=1S/C15H18F3NO2/c1-9-4-6-15(8-20,7-5-9)19-14(21)10-2-3-11(16)13(18)12(10)17/h2-3,9,20H,4-8H2,1H3,(H,19,21). The highest BCUT2D eigenvalue weighted by Crippen LogP contribution is 2.32. The molecule has 21 heavy (non-hydrogen) atoms. The number of aliphatic hydroxyl groups excluding tert-OH is 1. The summed E-state index contributed by atoms with van der Waals surface area (Å²) < 4.78 is 39.7. The van der Waals surface area contributed by atoms with Crippen LogP contribution in [0.15, 0.2) is 12.1 Å². The number of hydrogen-bond acceptors (Lipinski definition) is 2. The summed E-state index contributed by atoms with van der Waals surface area (Å²) >= 11 is 0.